The molecule has 0 saturated heterocycles. The number of nitriles is 1. The van der Waals surface area contributed by atoms with Gasteiger partial charge in [-0.1, -0.05) is 34.8 Å². The fraction of sp³-hybridized carbons (Fsp3) is 0.667. The summed E-state index contributed by atoms with van der Waals surface area (Å²) < 4.78 is 0. The van der Waals surface area contributed by atoms with Gasteiger partial charge in [0.15, 0.2) is 4.84 Å². The average molecular weight is 174 g/mol. The lowest BCUT2D eigenvalue weighted by Crippen LogP contribution is -2.25. The second kappa shape index (κ2) is 2.75. The Morgan fingerprint density at radius 2 is 2.00 bits per heavy atom. The Morgan fingerprint density at radius 1 is 1.62 bits per heavy atom. The van der Waals surface area contributed by atoms with Crippen LogP contribution in [0.4, 0.5) is 0 Å². The molecule has 0 bridgehead atoms. The van der Waals surface area contributed by atoms with E-state index in [1.54, 1.807) is 0 Å². The van der Waals surface area contributed by atoms with E-state index in [-0.39, 0.29) is 0 Å². The molecule has 0 radical (unpaired) electrons. The van der Waals surface area contributed by atoms with Crippen molar-refractivity contribution in [1.82, 2.24) is 0 Å². The van der Waals surface area contributed by atoms with Gasteiger partial charge in [0.1, 0.15) is 6.07 Å². The zero-order chi connectivity index (χ0) is 6.78. The zero-order valence-corrected chi connectivity index (χ0v) is 5.87. The number of aliphatic hydroxyl groups is 1. The third-order valence-electron chi connectivity index (χ3n) is 0.446. The van der Waals surface area contributed by atoms with E-state index in [1.165, 1.54) is 6.07 Å². The lowest BCUT2D eigenvalue weighted by atomic mass is 10.4. The van der Waals surface area contributed by atoms with Crippen LogP contribution in [0.15, 0.2) is 0 Å². The lowest BCUT2D eigenvalue weighted by molar-refractivity contribution is 0.202. The molecule has 0 aromatic carbocycles. The van der Waals surface area contributed by atoms with Crippen molar-refractivity contribution in [2.24, 2.45) is 0 Å². The topological polar surface area (TPSA) is 44.0 Å². The zero-order valence-electron chi connectivity index (χ0n) is 3.61. The number of alkyl halides is 3. The van der Waals surface area contributed by atoms with Gasteiger partial charge in [0.2, 0.25) is 0 Å². The van der Waals surface area contributed by atoms with Crippen molar-refractivity contribution < 1.29 is 5.11 Å². The van der Waals surface area contributed by atoms with E-state index in [0.717, 1.165) is 0 Å². The van der Waals surface area contributed by atoms with Crippen LogP contribution in [0.25, 0.3) is 0 Å². The molecule has 0 aromatic heterocycles. The second-order valence-electron chi connectivity index (χ2n) is 1.09. The maximum atomic E-state index is 8.54. The van der Waals surface area contributed by atoms with Crippen molar-refractivity contribution in [1.29, 1.82) is 5.26 Å². The van der Waals surface area contributed by atoms with Crippen molar-refractivity contribution in [2.75, 3.05) is 0 Å². The molecular weight excluding hydrogens is 172 g/mol. The Labute approximate surface area is 61.6 Å². The molecule has 0 aliphatic heterocycles. The molecule has 0 heterocycles. The first-order chi connectivity index (χ1) is 3.50. The standard InChI is InChI=1S/C3H2Cl3NO/c4-2(5)3(6,8)1-7/h2,8H. The maximum Gasteiger partial charge on any atom is 0.257 e. The Bertz CT molecular complexity index is 116. The highest BCUT2D eigenvalue weighted by Gasteiger charge is 2.31. The molecular formula is C3H2Cl3NO. The summed E-state index contributed by atoms with van der Waals surface area (Å²) in [6, 6.07) is 1.30. The van der Waals surface area contributed by atoms with Crippen LogP contribution in [0.2, 0.25) is 0 Å². The molecule has 8 heavy (non-hydrogen) atoms. The summed E-state index contributed by atoms with van der Waals surface area (Å²) in [5.74, 6) is 0. The summed E-state index contributed by atoms with van der Waals surface area (Å²) in [7, 11) is 0. The Balaban J connectivity index is 3.97. The molecule has 0 saturated carbocycles. The van der Waals surface area contributed by atoms with Crippen LogP contribution in [-0.4, -0.2) is 15.0 Å². The summed E-state index contributed by atoms with van der Waals surface area (Å²) >= 11 is 15.0. The van der Waals surface area contributed by atoms with Crippen molar-refractivity contribution in [3.05, 3.63) is 0 Å². The minimum atomic E-state index is -2.15. The number of halogens is 3. The highest BCUT2D eigenvalue weighted by molar-refractivity contribution is 6.49. The summed E-state index contributed by atoms with van der Waals surface area (Å²) in [6.45, 7) is 0. The van der Waals surface area contributed by atoms with Gasteiger partial charge in [-0.3, -0.25) is 0 Å². The van der Waals surface area contributed by atoms with E-state index in [4.69, 9.17) is 45.2 Å². The third-order valence-corrected chi connectivity index (χ3v) is 1.60. The predicted octanol–water partition coefficient (Wildman–Crippen LogP) is 1.24. The van der Waals surface area contributed by atoms with Crippen LogP contribution in [0.5, 0.6) is 0 Å². The molecule has 0 aliphatic rings. The lowest BCUT2D eigenvalue weighted by Gasteiger charge is -2.10. The molecule has 0 spiro atoms. The summed E-state index contributed by atoms with van der Waals surface area (Å²) in [6.07, 6.45) is 0. The smallest absolute Gasteiger partial charge is 0.257 e. The SMILES string of the molecule is N#CC(O)(Cl)C(Cl)Cl. The quantitative estimate of drug-likeness (QED) is 0.480. The van der Waals surface area contributed by atoms with Crippen LogP contribution in [0, 0.1) is 11.3 Å². The summed E-state index contributed by atoms with van der Waals surface area (Å²) in [4.78, 5) is -1.28. The minimum Gasteiger partial charge on any atom is -0.361 e. The molecule has 5 heteroatoms. The normalized spacial score (nSPS) is 17.5. The van der Waals surface area contributed by atoms with Gasteiger partial charge in [-0.2, -0.15) is 5.26 Å². The van der Waals surface area contributed by atoms with Crippen molar-refractivity contribution in [3.8, 4) is 6.07 Å². The van der Waals surface area contributed by atoms with Gasteiger partial charge < -0.3 is 5.11 Å². The second-order valence-corrected chi connectivity index (χ2v) is 2.76. The Morgan fingerprint density at radius 3 is 2.00 bits per heavy atom. The first-order valence-electron chi connectivity index (χ1n) is 1.61. The maximum absolute atomic E-state index is 8.54. The van der Waals surface area contributed by atoms with E-state index >= 15 is 0 Å². The third kappa shape index (κ3) is 2.06. The molecule has 0 amide bonds. The fourth-order valence-corrected chi connectivity index (χ4v) is 0.146. The van der Waals surface area contributed by atoms with E-state index in [0.29, 0.717) is 0 Å². The Kier molecular flexibility index (Phi) is 2.86. The molecule has 46 valence electrons. The van der Waals surface area contributed by atoms with Crippen LogP contribution in [-0.2, 0) is 0 Å². The first-order valence-corrected chi connectivity index (χ1v) is 2.86. The molecule has 0 aliphatic carbocycles. The summed E-state index contributed by atoms with van der Waals surface area (Å²) in [5.41, 5.74) is 0. The largest absolute Gasteiger partial charge is 0.361 e. The number of hydrogen-bond donors (Lipinski definition) is 1. The van der Waals surface area contributed by atoms with Gasteiger partial charge in [0.05, 0.1) is 0 Å². The molecule has 1 unspecified atom stereocenters. The van der Waals surface area contributed by atoms with Gasteiger partial charge in [0.25, 0.3) is 5.06 Å². The van der Waals surface area contributed by atoms with Crippen LogP contribution >= 0.6 is 34.8 Å². The monoisotopic (exact) mass is 173 g/mol. The van der Waals surface area contributed by atoms with Gasteiger partial charge >= 0.3 is 0 Å². The fourth-order valence-electron chi connectivity index (χ4n) is 0.0488. The highest BCUT2D eigenvalue weighted by atomic mass is 35.5. The molecule has 1 atom stereocenters. The van der Waals surface area contributed by atoms with Crippen molar-refractivity contribution in [2.45, 2.75) is 9.90 Å². The predicted molar refractivity (Wildman–Crippen MR) is 31.9 cm³/mol. The molecule has 2 nitrogen and oxygen atoms in total. The highest BCUT2D eigenvalue weighted by Crippen LogP contribution is 2.23. The van der Waals surface area contributed by atoms with Gasteiger partial charge in [-0.15, -0.1) is 0 Å². The van der Waals surface area contributed by atoms with E-state index in [9.17, 15) is 0 Å². The van der Waals surface area contributed by atoms with Crippen LogP contribution < -0.4 is 0 Å². The van der Waals surface area contributed by atoms with Gasteiger partial charge in [-0.05, 0) is 0 Å². The number of nitrogens with zero attached hydrogens (tertiary/aromatic N) is 1. The molecule has 0 fully saturated rings. The summed E-state index contributed by atoms with van der Waals surface area (Å²) in [5, 5.41) is 14.4. The molecule has 0 rings (SSSR count). The van der Waals surface area contributed by atoms with Gasteiger partial charge in [0, 0.05) is 0 Å². The van der Waals surface area contributed by atoms with Crippen LogP contribution in [0.1, 0.15) is 0 Å². The first kappa shape index (κ1) is 8.32. The van der Waals surface area contributed by atoms with Crippen molar-refractivity contribution >= 4 is 34.8 Å². The van der Waals surface area contributed by atoms with E-state index in [2.05, 4.69) is 0 Å². The molecule has 1 N–H and O–H groups in total. The Hall–Kier alpha value is 0.320. The molecule has 0 aromatic rings. The minimum absolute atomic E-state index is 1.28. The number of hydrogen-bond acceptors (Lipinski definition) is 2. The van der Waals surface area contributed by atoms with E-state index in [1.807, 2.05) is 0 Å². The van der Waals surface area contributed by atoms with E-state index < -0.39 is 9.90 Å². The van der Waals surface area contributed by atoms with Crippen molar-refractivity contribution in [3.63, 3.8) is 0 Å². The van der Waals surface area contributed by atoms with Gasteiger partial charge in [-0.25, -0.2) is 0 Å². The van der Waals surface area contributed by atoms with Crippen LogP contribution in [0.3, 0.4) is 0 Å². The average Bonchev–Trinajstić information content (AvgIpc) is 1.67. The number of rotatable bonds is 1.